The van der Waals surface area contributed by atoms with Crippen LogP contribution in [0, 0.1) is 11.9 Å². The Hall–Kier alpha value is -1.11. The fraction of sp³-hybridized carbons (Fsp3) is 0.273. The second-order valence-corrected chi connectivity index (χ2v) is 3.07. The fourth-order valence-corrected chi connectivity index (χ4v) is 1.56. The van der Waals surface area contributed by atoms with Gasteiger partial charge in [0.1, 0.15) is 5.82 Å². The molecule has 12 heavy (non-hydrogen) atoms. The van der Waals surface area contributed by atoms with E-state index in [4.69, 9.17) is 0 Å². The van der Waals surface area contributed by atoms with Crippen LogP contribution in [0.15, 0.2) is 30.4 Å². The van der Waals surface area contributed by atoms with Gasteiger partial charge in [-0.25, -0.2) is 4.39 Å². The summed E-state index contributed by atoms with van der Waals surface area (Å²) in [6.45, 7) is 0. The van der Waals surface area contributed by atoms with Crippen LogP contribution in [0.5, 0.6) is 0 Å². The molecule has 0 N–H and O–H groups in total. The lowest BCUT2D eigenvalue weighted by molar-refractivity contribution is 0.623. The largest absolute Gasteiger partial charge is 0.207 e. The van der Waals surface area contributed by atoms with Crippen LogP contribution in [0.4, 0.5) is 4.39 Å². The van der Waals surface area contributed by atoms with E-state index in [1.807, 2.05) is 0 Å². The molecule has 1 aromatic carbocycles. The Kier molecular flexibility index (Phi) is 1.94. The van der Waals surface area contributed by atoms with E-state index >= 15 is 0 Å². The van der Waals surface area contributed by atoms with Gasteiger partial charge in [0.15, 0.2) is 0 Å². The Morgan fingerprint density at radius 3 is 3.08 bits per heavy atom. The summed E-state index contributed by atoms with van der Waals surface area (Å²) < 4.78 is 12.8. The molecule has 0 heterocycles. The van der Waals surface area contributed by atoms with Crippen LogP contribution in [-0.2, 0) is 0 Å². The molecule has 1 aliphatic rings. The van der Waals surface area contributed by atoms with Crippen LogP contribution >= 0.6 is 0 Å². The highest BCUT2D eigenvalue weighted by Crippen LogP contribution is 2.27. The van der Waals surface area contributed by atoms with Crippen molar-refractivity contribution < 1.29 is 4.39 Å². The first kappa shape index (κ1) is 7.53. The third-order valence-corrected chi connectivity index (χ3v) is 2.20. The van der Waals surface area contributed by atoms with Gasteiger partial charge in [-0.05, 0) is 36.6 Å². The molecule has 2 rings (SSSR count). The summed E-state index contributed by atoms with van der Waals surface area (Å²) >= 11 is 0. The van der Waals surface area contributed by atoms with Crippen molar-refractivity contribution in [2.45, 2.75) is 18.8 Å². The molecule has 1 unspecified atom stereocenters. The van der Waals surface area contributed by atoms with E-state index in [1.165, 1.54) is 6.07 Å². The molecule has 0 amide bonds. The quantitative estimate of drug-likeness (QED) is 0.555. The number of hydrogen-bond acceptors (Lipinski definition) is 0. The summed E-state index contributed by atoms with van der Waals surface area (Å²) in [5.74, 6) is 0.227. The maximum Gasteiger partial charge on any atom is 0.123 e. The summed E-state index contributed by atoms with van der Waals surface area (Å²) in [6.07, 6.45) is 6.48. The number of rotatable bonds is 1. The Morgan fingerprint density at radius 2 is 2.42 bits per heavy atom. The molecule has 1 atom stereocenters. The molecule has 1 radical (unpaired) electrons. The lowest BCUT2D eigenvalue weighted by Gasteiger charge is -2.06. The van der Waals surface area contributed by atoms with Crippen molar-refractivity contribution in [3.8, 4) is 0 Å². The van der Waals surface area contributed by atoms with E-state index in [1.54, 1.807) is 12.1 Å². The standard InChI is InChI=1S/C11H10F/c12-11-7-3-6-10(8-11)9-4-1-2-5-9/h1,3-4,7-9H,2,5H2. The SMILES string of the molecule is Fc1cc[c]c(C2C=CCC2)c1. The molecular formula is C11H10F. The molecule has 0 bridgehead atoms. The summed E-state index contributed by atoms with van der Waals surface area (Å²) in [5, 5.41) is 0. The van der Waals surface area contributed by atoms with E-state index < -0.39 is 0 Å². The average molecular weight is 161 g/mol. The zero-order valence-electron chi connectivity index (χ0n) is 6.76. The van der Waals surface area contributed by atoms with Crippen LogP contribution < -0.4 is 0 Å². The third-order valence-electron chi connectivity index (χ3n) is 2.20. The van der Waals surface area contributed by atoms with E-state index in [0.717, 1.165) is 18.4 Å². The van der Waals surface area contributed by atoms with Crippen LogP contribution in [0.2, 0.25) is 0 Å². The second-order valence-electron chi connectivity index (χ2n) is 3.07. The van der Waals surface area contributed by atoms with E-state index in [0.29, 0.717) is 5.92 Å². The monoisotopic (exact) mass is 161 g/mol. The van der Waals surface area contributed by atoms with Gasteiger partial charge in [-0.3, -0.25) is 0 Å². The van der Waals surface area contributed by atoms with Crippen molar-refractivity contribution in [3.05, 3.63) is 47.8 Å². The van der Waals surface area contributed by atoms with E-state index in [9.17, 15) is 4.39 Å². The first-order chi connectivity index (χ1) is 5.86. The lowest BCUT2D eigenvalue weighted by Crippen LogP contribution is -1.91. The van der Waals surface area contributed by atoms with Gasteiger partial charge >= 0.3 is 0 Å². The van der Waals surface area contributed by atoms with Crippen molar-refractivity contribution in [1.29, 1.82) is 0 Å². The Labute approximate surface area is 71.7 Å². The molecule has 0 aromatic heterocycles. The zero-order valence-corrected chi connectivity index (χ0v) is 6.76. The van der Waals surface area contributed by atoms with Crippen molar-refractivity contribution in [2.24, 2.45) is 0 Å². The number of allylic oxidation sites excluding steroid dienone is 2. The van der Waals surface area contributed by atoms with Crippen molar-refractivity contribution >= 4 is 0 Å². The number of hydrogen-bond donors (Lipinski definition) is 0. The van der Waals surface area contributed by atoms with Gasteiger partial charge in [0, 0.05) is 5.92 Å². The molecule has 0 spiro atoms. The normalized spacial score (nSPS) is 21.6. The highest BCUT2D eigenvalue weighted by Gasteiger charge is 2.11. The molecule has 1 aliphatic carbocycles. The van der Waals surface area contributed by atoms with Crippen molar-refractivity contribution in [3.63, 3.8) is 0 Å². The highest BCUT2D eigenvalue weighted by molar-refractivity contribution is 5.25. The van der Waals surface area contributed by atoms with Crippen molar-refractivity contribution in [2.75, 3.05) is 0 Å². The molecule has 61 valence electrons. The topological polar surface area (TPSA) is 0 Å². The predicted molar refractivity (Wildman–Crippen MR) is 46.4 cm³/mol. The van der Waals surface area contributed by atoms with Gasteiger partial charge in [-0.15, -0.1) is 0 Å². The maximum absolute atomic E-state index is 12.8. The zero-order chi connectivity index (χ0) is 8.39. The molecule has 1 aromatic rings. The Bertz CT molecular complexity index is 302. The minimum absolute atomic E-state index is 0.163. The van der Waals surface area contributed by atoms with Gasteiger partial charge in [-0.1, -0.05) is 18.2 Å². The van der Waals surface area contributed by atoms with Gasteiger partial charge < -0.3 is 0 Å². The first-order valence-corrected chi connectivity index (χ1v) is 4.20. The summed E-state index contributed by atoms with van der Waals surface area (Å²) in [4.78, 5) is 0. The van der Waals surface area contributed by atoms with Crippen molar-refractivity contribution in [1.82, 2.24) is 0 Å². The summed E-state index contributed by atoms with van der Waals surface area (Å²) in [7, 11) is 0. The average Bonchev–Trinajstić information content (AvgIpc) is 2.56. The van der Waals surface area contributed by atoms with E-state index in [2.05, 4.69) is 18.2 Å². The van der Waals surface area contributed by atoms with Crippen LogP contribution in [0.25, 0.3) is 0 Å². The van der Waals surface area contributed by atoms with Gasteiger partial charge in [-0.2, -0.15) is 0 Å². The number of benzene rings is 1. The lowest BCUT2D eigenvalue weighted by atomic mass is 9.99. The molecular weight excluding hydrogens is 151 g/mol. The fourth-order valence-electron chi connectivity index (χ4n) is 1.56. The molecule has 0 saturated carbocycles. The Balaban J connectivity index is 2.27. The molecule has 0 saturated heterocycles. The molecule has 0 fully saturated rings. The Morgan fingerprint density at radius 1 is 1.50 bits per heavy atom. The van der Waals surface area contributed by atoms with Crippen LogP contribution in [0.1, 0.15) is 24.3 Å². The number of halogens is 1. The van der Waals surface area contributed by atoms with Gasteiger partial charge in [0.25, 0.3) is 0 Å². The minimum atomic E-state index is -0.163. The highest BCUT2D eigenvalue weighted by atomic mass is 19.1. The van der Waals surface area contributed by atoms with Gasteiger partial charge in [0.2, 0.25) is 0 Å². The second kappa shape index (κ2) is 3.10. The van der Waals surface area contributed by atoms with Crippen LogP contribution in [0.3, 0.4) is 0 Å². The summed E-state index contributed by atoms with van der Waals surface area (Å²) in [5.41, 5.74) is 0.976. The van der Waals surface area contributed by atoms with Gasteiger partial charge in [0.05, 0.1) is 0 Å². The molecule has 1 heteroatoms. The van der Waals surface area contributed by atoms with E-state index in [-0.39, 0.29) is 5.82 Å². The smallest absolute Gasteiger partial charge is 0.123 e. The maximum atomic E-state index is 12.8. The third kappa shape index (κ3) is 1.40. The minimum Gasteiger partial charge on any atom is -0.207 e. The van der Waals surface area contributed by atoms with Crippen LogP contribution in [-0.4, -0.2) is 0 Å². The molecule has 0 nitrogen and oxygen atoms in total. The molecule has 0 aliphatic heterocycles. The first-order valence-electron chi connectivity index (χ1n) is 4.20. The summed E-state index contributed by atoms with van der Waals surface area (Å²) in [6, 6.07) is 7.71. The predicted octanol–water partition coefficient (Wildman–Crippen LogP) is 3.06.